The summed E-state index contributed by atoms with van der Waals surface area (Å²) in [6, 6.07) is 21.2. The number of para-hydroxylation sites is 1. The van der Waals surface area contributed by atoms with E-state index in [1.807, 2.05) is 30.3 Å². The highest BCUT2D eigenvalue weighted by atomic mass is 35.5. The van der Waals surface area contributed by atoms with E-state index in [0.717, 1.165) is 27.2 Å². The molecule has 0 atom stereocenters. The molecule has 0 spiro atoms. The van der Waals surface area contributed by atoms with E-state index in [0.29, 0.717) is 20.9 Å². The van der Waals surface area contributed by atoms with Crippen LogP contribution in [-0.4, -0.2) is 31.2 Å². The zero-order valence-electron chi connectivity index (χ0n) is 20.0. The minimum Gasteiger partial charge on any atom is -0.385 e. The summed E-state index contributed by atoms with van der Waals surface area (Å²) in [5, 5.41) is 0.512. The summed E-state index contributed by atoms with van der Waals surface area (Å²) >= 11 is 7.06. The number of fused-ring (bicyclic) bond motifs is 2. The number of halogens is 4. The van der Waals surface area contributed by atoms with Crippen molar-refractivity contribution in [2.24, 2.45) is 0 Å². The van der Waals surface area contributed by atoms with Crippen molar-refractivity contribution in [1.82, 2.24) is 19.1 Å². The Hall–Kier alpha value is -4.68. The van der Waals surface area contributed by atoms with Crippen LogP contribution in [0.5, 0.6) is 6.01 Å². The number of esters is 1. The molecular weight excluding hydrogens is 567 g/mol. The second kappa shape index (κ2) is 9.50. The maximum absolute atomic E-state index is 13.7. The number of benzene rings is 3. The van der Waals surface area contributed by atoms with Crippen molar-refractivity contribution in [2.45, 2.75) is 6.18 Å². The standard InChI is InChI=1S/C27H15ClF3N5O3S/c28-15-8-6-14(7-9-15)21-13-19-22(40-21)23(37)36(26(34-19)39-24(38)27(29,30)31)17-10-11-20-18(12-17)33-25(32)35(20)16-4-2-1-3-5-16/h1-13H,(H2,32,33). The Morgan fingerprint density at radius 1 is 0.900 bits per heavy atom. The Balaban J connectivity index is 1.55. The van der Waals surface area contributed by atoms with Gasteiger partial charge in [0.25, 0.3) is 5.56 Å². The summed E-state index contributed by atoms with van der Waals surface area (Å²) < 4.78 is 46.7. The molecule has 3 aromatic carbocycles. The second-order valence-corrected chi connectivity index (χ2v) is 10.1. The third-order valence-corrected chi connectivity index (χ3v) is 7.41. The third kappa shape index (κ3) is 4.46. The van der Waals surface area contributed by atoms with Crippen LogP contribution >= 0.6 is 22.9 Å². The summed E-state index contributed by atoms with van der Waals surface area (Å²) in [5.74, 6) is -2.35. The van der Waals surface area contributed by atoms with Crippen LogP contribution in [-0.2, 0) is 4.79 Å². The first kappa shape index (κ1) is 25.6. The molecule has 0 fully saturated rings. The Kier molecular flexibility index (Phi) is 6.08. The van der Waals surface area contributed by atoms with Crippen molar-refractivity contribution in [3.63, 3.8) is 0 Å². The largest absolute Gasteiger partial charge is 0.491 e. The smallest absolute Gasteiger partial charge is 0.385 e. The van der Waals surface area contributed by atoms with Crippen LogP contribution in [0.15, 0.2) is 83.7 Å². The summed E-state index contributed by atoms with van der Waals surface area (Å²) in [7, 11) is 0. The fraction of sp³-hybridized carbons (Fsp3) is 0.0370. The highest BCUT2D eigenvalue weighted by molar-refractivity contribution is 7.22. The normalized spacial score (nSPS) is 11.8. The van der Waals surface area contributed by atoms with Gasteiger partial charge in [-0.15, -0.1) is 11.3 Å². The minimum atomic E-state index is -5.31. The lowest BCUT2D eigenvalue weighted by Gasteiger charge is -2.13. The highest BCUT2D eigenvalue weighted by Crippen LogP contribution is 2.34. The van der Waals surface area contributed by atoms with Gasteiger partial charge in [0.2, 0.25) is 5.95 Å². The van der Waals surface area contributed by atoms with Gasteiger partial charge in [0.05, 0.1) is 22.2 Å². The number of carbonyl (C=O) groups excluding carboxylic acids is 1. The number of carbonyl (C=O) groups is 1. The first-order valence-electron chi connectivity index (χ1n) is 11.6. The van der Waals surface area contributed by atoms with Crippen LogP contribution in [0, 0.1) is 0 Å². The number of aromatic nitrogens is 4. The average molecular weight is 582 g/mol. The molecule has 3 heterocycles. The number of hydrogen-bond donors (Lipinski definition) is 1. The first-order valence-corrected chi connectivity index (χ1v) is 12.7. The number of imidazole rings is 1. The fourth-order valence-corrected chi connectivity index (χ4v) is 5.39. The molecule has 0 saturated carbocycles. The van der Waals surface area contributed by atoms with Gasteiger partial charge < -0.3 is 10.5 Å². The van der Waals surface area contributed by atoms with E-state index in [2.05, 4.69) is 14.7 Å². The molecule has 200 valence electrons. The van der Waals surface area contributed by atoms with Crippen LogP contribution < -0.4 is 16.0 Å². The lowest BCUT2D eigenvalue weighted by Crippen LogP contribution is -2.31. The van der Waals surface area contributed by atoms with Crippen LogP contribution in [0.1, 0.15) is 0 Å². The highest BCUT2D eigenvalue weighted by Gasteiger charge is 2.42. The summed E-state index contributed by atoms with van der Waals surface area (Å²) in [5.41, 5.74) is 7.98. The van der Waals surface area contributed by atoms with Gasteiger partial charge in [-0.1, -0.05) is 41.9 Å². The van der Waals surface area contributed by atoms with Gasteiger partial charge in [0.1, 0.15) is 4.70 Å². The number of nitrogen functional groups attached to an aromatic ring is 1. The van der Waals surface area contributed by atoms with Gasteiger partial charge in [0, 0.05) is 15.6 Å². The van der Waals surface area contributed by atoms with Crippen molar-refractivity contribution in [2.75, 3.05) is 5.73 Å². The predicted molar refractivity (Wildman–Crippen MR) is 146 cm³/mol. The number of nitrogens with two attached hydrogens (primary N) is 1. The molecule has 0 amide bonds. The van der Waals surface area contributed by atoms with Gasteiger partial charge in [-0.25, -0.2) is 14.3 Å². The number of rotatable bonds is 4. The fourth-order valence-electron chi connectivity index (χ4n) is 4.23. The van der Waals surface area contributed by atoms with E-state index < -0.39 is 23.7 Å². The summed E-state index contributed by atoms with van der Waals surface area (Å²) in [6.07, 6.45) is -5.31. The van der Waals surface area contributed by atoms with Gasteiger partial charge >= 0.3 is 18.2 Å². The quantitative estimate of drug-likeness (QED) is 0.250. The van der Waals surface area contributed by atoms with E-state index in [9.17, 15) is 22.8 Å². The maximum atomic E-state index is 13.7. The molecule has 0 saturated heterocycles. The van der Waals surface area contributed by atoms with Crippen molar-refractivity contribution in [1.29, 1.82) is 0 Å². The lowest BCUT2D eigenvalue weighted by molar-refractivity contribution is -0.190. The summed E-state index contributed by atoms with van der Waals surface area (Å²) in [4.78, 5) is 34.6. The molecule has 0 aliphatic carbocycles. The SMILES string of the molecule is Nc1nc2cc(-n3c(OC(=O)C(F)(F)F)nc4cc(-c5ccc(Cl)cc5)sc4c3=O)ccc2n1-c1ccccc1. The van der Waals surface area contributed by atoms with Crippen molar-refractivity contribution in [3.05, 3.63) is 94.2 Å². The molecule has 6 aromatic rings. The number of hydrogen-bond acceptors (Lipinski definition) is 7. The molecule has 8 nitrogen and oxygen atoms in total. The molecular formula is C27H15ClF3N5O3S. The molecule has 40 heavy (non-hydrogen) atoms. The molecule has 2 N–H and O–H groups in total. The third-order valence-electron chi connectivity index (χ3n) is 6.00. The average Bonchev–Trinajstić information content (AvgIpc) is 3.49. The number of thiophene rings is 1. The molecule has 0 unspecified atom stereocenters. The molecule has 13 heteroatoms. The monoisotopic (exact) mass is 581 g/mol. The van der Waals surface area contributed by atoms with Crippen molar-refractivity contribution in [3.8, 4) is 27.8 Å². The maximum Gasteiger partial charge on any atom is 0.491 e. The number of nitrogens with zero attached hydrogens (tertiary/aromatic N) is 4. The Labute approximate surface area is 231 Å². The second-order valence-electron chi connectivity index (χ2n) is 8.57. The molecule has 0 aliphatic rings. The van der Waals surface area contributed by atoms with E-state index in [-0.39, 0.29) is 21.9 Å². The Bertz CT molecular complexity index is 1980. The van der Waals surface area contributed by atoms with Crippen molar-refractivity contribution < 1.29 is 22.7 Å². The predicted octanol–water partition coefficient (Wildman–Crippen LogP) is 6.16. The van der Waals surface area contributed by atoms with E-state index in [1.165, 1.54) is 18.2 Å². The Morgan fingerprint density at radius 3 is 2.33 bits per heavy atom. The lowest BCUT2D eigenvalue weighted by atomic mass is 10.2. The van der Waals surface area contributed by atoms with Gasteiger partial charge in [0.15, 0.2) is 0 Å². The number of anilines is 1. The number of alkyl halides is 3. The molecule has 6 rings (SSSR count). The summed E-state index contributed by atoms with van der Waals surface area (Å²) in [6.45, 7) is 0. The molecule has 0 aliphatic heterocycles. The first-order chi connectivity index (χ1) is 19.1. The molecule has 3 aromatic heterocycles. The van der Waals surface area contributed by atoms with Gasteiger partial charge in [-0.3, -0.25) is 9.36 Å². The van der Waals surface area contributed by atoms with Gasteiger partial charge in [-0.05, 0) is 54.1 Å². The molecule has 0 bridgehead atoms. The number of ether oxygens (including phenoxy) is 1. The van der Waals surface area contributed by atoms with E-state index >= 15 is 0 Å². The topological polar surface area (TPSA) is 105 Å². The van der Waals surface area contributed by atoms with E-state index in [1.54, 1.807) is 34.9 Å². The van der Waals surface area contributed by atoms with Crippen LogP contribution in [0.25, 0.3) is 43.1 Å². The van der Waals surface area contributed by atoms with Crippen LogP contribution in [0.3, 0.4) is 0 Å². The minimum absolute atomic E-state index is 0.0693. The van der Waals surface area contributed by atoms with E-state index in [4.69, 9.17) is 17.3 Å². The molecule has 0 radical (unpaired) electrons. The van der Waals surface area contributed by atoms with Crippen molar-refractivity contribution >= 4 is 56.1 Å². The van der Waals surface area contributed by atoms with Crippen LogP contribution in [0.2, 0.25) is 5.02 Å². The zero-order valence-corrected chi connectivity index (χ0v) is 21.6. The zero-order chi connectivity index (χ0) is 28.2. The Morgan fingerprint density at radius 2 is 1.62 bits per heavy atom. The van der Waals surface area contributed by atoms with Gasteiger partial charge in [-0.2, -0.15) is 18.2 Å². The van der Waals surface area contributed by atoms with Crippen LogP contribution in [0.4, 0.5) is 19.1 Å².